The Morgan fingerprint density at radius 3 is 0.879 bits per heavy atom. The summed E-state index contributed by atoms with van der Waals surface area (Å²) in [6, 6.07) is 66.0. The van der Waals surface area contributed by atoms with Gasteiger partial charge in [0.25, 0.3) is 0 Å². The van der Waals surface area contributed by atoms with E-state index in [1.54, 1.807) is 26.4 Å². The van der Waals surface area contributed by atoms with Crippen molar-refractivity contribution in [3.05, 3.63) is 239 Å². The van der Waals surface area contributed by atoms with Gasteiger partial charge in [-0.05, 0) is 233 Å². The Morgan fingerprint density at radius 2 is 0.596 bits per heavy atom. The lowest BCUT2D eigenvalue weighted by atomic mass is 9.65. The number of benzene rings is 8. The molecule has 0 radical (unpaired) electrons. The largest absolute Gasteiger partial charge is 0.519 e. The van der Waals surface area contributed by atoms with E-state index in [4.69, 9.17) is 46.1 Å². The van der Waals surface area contributed by atoms with E-state index in [-0.39, 0.29) is 22.0 Å². The highest BCUT2D eigenvalue weighted by Crippen LogP contribution is 2.49. The smallest absolute Gasteiger partial charge is 0.493 e. The molecule has 0 atom stereocenters. The summed E-state index contributed by atoms with van der Waals surface area (Å²) in [5.74, 6) is 3.11. The summed E-state index contributed by atoms with van der Waals surface area (Å²) in [5.41, 5.74) is 9.17. The maximum absolute atomic E-state index is 13.3. The molecule has 0 saturated heterocycles. The Kier molecular flexibility index (Phi) is 23.5. The van der Waals surface area contributed by atoms with Crippen molar-refractivity contribution in [3.63, 3.8) is 0 Å². The van der Waals surface area contributed by atoms with Crippen molar-refractivity contribution in [2.45, 2.75) is 190 Å². The molecule has 0 unspecified atom stereocenters. The van der Waals surface area contributed by atoms with Gasteiger partial charge in [-0.1, -0.05) is 179 Å². The first-order valence-corrected chi connectivity index (χ1v) is 44.8. The molecule has 0 spiro atoms. The summed E-state index contributed by atoms with van der Waals surface area (Å²) in [6.45, 7) is 13.4. The number of hydrogen-bond donors (Lipinski definition) is 0. The fourth-order valence-electron chi connectivity index (χ4n) is 16.0. The van der Waals surface area contributed by atoms with Crippen LogP contribution in [-0.4, -0.2) is 57.9 Å². The molecule has 0 N–H and O–H groups in total. The minimum Gasteiger partial charge on any atom is -0.493 e. The first kappa shape index (κ1) is 72.0. The van der Waals surface area contributed by atoms with E-state index in [0.717, 1.165) is 118 Å². The monoisotopic (exact) mass is 1390 g/mol. The van der Waals surface area contributed by atoms with Crippen LogP contribution in [0.25, 0.3) is 0 Å². The van der Waals surface area contributed by atoms with Crippen LogP contribution >= 0.6 is 0 Å². The molecule has 520 valence electrons. The zero-order chi connectivity index (χ0) is 69.5. The lowest BCUT2D eigenvalue weighted by molar-refractivity contribution is 0.149. The number of methoxy groups -OCH3 is 2. The van der Waals surface area contributed by atoms with Gasteiger partial charge in [0.2, 0.25) is 0 Å². The molecule has 0 aliphatic heterocycles. The number of ether oxygens (including phenoxy) is 8. The molecule has 3 aliphatic carbocycles. The predicted octanol–water partition coefficient (Wildman–Crippen LogP) is 21.9. The van der Waals surface area contributed by atoms with Gasteiger partial charge < -0.3 is 46.1 Å². The first-order chi connectivity index (χ1) is 47.8. The van der Waals surface area contributed by atoms with E-state index in [9.17, 15) is 14.4 Å². The lowest BCUT2D eigenvalue weighted by Gasteiger charge is -2.39. The number of rotatable bonds is 26. The summed E-state index contributed by atoms with van der Waals surface area (Å²) >= 11 is 0. The van der Waals surface area contributed by atoms with Crippen molar-refractivity contribution in [1.29, 1.82) is 0 Å². The Balaban J connectivity index is 0.606. The normalized spacial score (nSPS) is 16.0. The number of hydrogen-bond acceptors (Lipinski definition) is 13. The van der Waals surface area contributed by atoms with E-state index in [2.05, 4.69) is 124 Å². The highest BCUT2D eigenvalue weighted by atomic mass is 28.5. The summed E-state index contributed by atoms with van der Waals surface area (Å²) in [5, 5.41) is 0. The maximum atomic E-state index is 13.3. The fraction of sp³-hybridized carbons (Fsp3) is 0.386. The van der Waals surface area contributed by atoms with E-state index in [1.165, 1.54) is 60.8 Å². The lowest BCUT2D eigenvalue weighted by Crippen LogP contribution is -2.52. The summed E-state index contributed by atoms with van der Waals surface area (Å²) in [4.78, 5) is 39.5. The van der Waals surface area contributed by atoms with Crippen LogP contribution in [0.3, 0.4) is 0 Å². The summed E-state index contributed by atoms with van der Waals surface area (Å²) < 4.78 is 59.6. The van der Waals surface area contributed by atoms with Gasteiger partial charge in [-0.3, -0.25) is 0 Å². The molecule has 0 bridgehead atoms. The van der Waals surface area contributed by atoms with Crippen LogP contribution < -0.4 is 37.9 Å². The Morgan fingerprint density at radius 1 is 0.323 bits per heavy atom. The topological polar surface area (TPSA) is 144 Å². The van der Waals surface area contributed by atoms with Gasteiger partial charge in [-0.15, -0.1) is 0 Å². The molecule has 8 aromatic carbocycles. The highest BCUT2D eigenvalue weighted by molar-refractivity contribution is 6.87. The molecular weight excluding hydrogens is 1290 g/mol. The van der Waals surface area contributed by atoms with Crippen LogP contribution in [0.2, 0.25) is 51.4 Å². The van der Waals surface area contributed by atoms with Gasteiger partial charge in [0, 0.05) is 16.2 Å². The number of carbonyl (C=O) groups is 3. The SMILES string of the molecule is COc1cc(CCC[Si](C)(C)O[Si](C)(C)O[Si](C)(C)CCCc2ccc(OC(=O)Oc3ccc(C4(c5ccc(OC(=O)Oc6ccc(C7(c8ccccc8)CCCCC7)cc6)cc5)CCCCC4)cc3)c(OC)c2)ccc1OC(=O)Oc1ccc(C2(c3ccccc3)CCCCC2)cc1. The molecule has 0 aromatic heterocycles. The first-order valence-electron chi connectivity index (χ1n) is 35.7. The maximum Gasteiger partial charge on any atom is 0.519 e. The second-order valence-electron chi connectivity index (χ2n) is 28.9. The minimum atomic E-state index is -2.50. The highest BCUT2D eigenvalue weighted by Gasteiger charge is 2.41. The zero-order valence-electron chi connectivity index (χ0n) is 59.1. The van der Waals surface area contributed by atoms with Crippen LogP contribution in [0.15, 0.2) is 194 Å². The van der Waals surface area contributed by atoms with Crippen LogP contribution in [0.5, 0.6) is 46.0 Å². The predicted molar refractivity (Wildman–Crippen MR) is 397 cm³/mol. The van der Waals surface area contributed by atoms with Crippen LogP contribution in [0.4, 0.5) is 14.4 Å². The van der Waals surface area contributed by atoms with Crippen molar-refractivity contribution in [3.8, 4) is 46.0 Å². The van der Waals surface area contributed by atoms with E-state index in [0.29, 0.717) is 40.2 Å². The third-order valence-corrected chi connectivity index (χ3v) is 32.1. The molecule has 0 heterocycles. The second kappa shape index (κ2) is 32.4. The van der Waals surface area contributed by atoms with Crippen LogP contribution in [0.1, 0.15) is 154 Å². The van der Waals surface area contributed by atoms with Crippen molar-refractivity contribution in [2.24, 2.45) is 0 Å². The number of aryl methyl sites for hydroxylation is 2. The van der Waals surface area contributed by atoms with Crippen LogP contribution in [0, 0.1) is 0 Å². The molecule has 3 saturated carbocycles. The van der Waals surface area contributed by atoms with Gasteiger partial charge in [-0.2, -0.15) is 0 Å². The fourth-order valence-corrected chi connectivity index (χ4v) is 30.1. The Bertz CT molecular complexity index is 3950. The van der Waals surface area contributed by atoms with Crippen molar-refractivity contribution < 1.29 is 60.5 Å². The molecule has 0 amide bonds. The summed E-state index contributed by atoms with van der Waals surface area (Å²) in [7, 11) is -3.64. The Labute approximate surface area is 589 Å². The van der Waals surface area contributed by atoms with Crippen LogP contribution in [-0.2, 0) is 37.3 Å². The second-order valence-corrected chi connectivity index (χ2v) is 41.4. The van der Waals surface area contributed by atoms with Gasteiger partial charge in [0.05, 0.1) is 14.2 Å². The van der Waals surface area contributed by atoms with Crippen molar-refractivity contribution in [2.75, 3.05) is 14.2 Å². The van der Waals surface area contributed by atoms with E-state index in [1.807, 2.05) is 97.1 Å². The average molecular weight is 1390 g/mol. The molecular formula is C83H98O13Si3. The van der Waals surface area contributed by atoms with Gasteiger partial charge >= 0.3 is 27.0 Å². The molecule has 8 aromatic rings. The van der Waals surface area contributed by atoms with Crippen molar-refractivity contribution in [1.82, 2.24) is 0 Å². The Hall–Kier alpha value is -8.26. The minimum absolute atomic E-state index is 0.0402. The third-order valence-electron chi connectivity index (χ3n) is 20.6. The van der Waals surface area contributed by atoms with Gasteiger partial charge in [-0.25, -0.2) is 14.4 Å². The third kappa shape index (κ3) is 18.4. The molecule has 11 rings (SSSR count). The standard InChI is InChI=1S/C83H98O13Si3/c1-87-76-60-62(32-50-74(76)93-79(85)91-72-46-36-67(37-47-72)82(54-20-12-21-55-82)65-30-16-10-17-31-65)26-24-58-97(3,4)95-99(7,8)96-98(5,6)59-25-27-63-33-51-75(77(61-63)88-2)94-80(86)92-73-48-40-69(41-49-73)83(56-22-13-23-57-83)68-38-44-71(45-39-68)90-78(84)89-70-42-34-66(35-43-70)81(52-18-11-19-53-81)64-28-14-9-15-29-64/h9-10,14-17,28-51,60-61H,11-13,18-27,52-59H2,1-8H3. The quantitative estimate of drug-likeness (QED) is 0.0288. The molecule has 16 heteroatoms. The summed E-state index contributed by atoms with van der Waals surface area (Å²) in [6.07, 6.45) is 17.8. The molecule has 13 nitrogen and oxygen atoms in total. The van der Waals surface area contributed by atoms with E-state index >= 15 is 0 Å². The van der Waals surface area contributed by atoms with E-state index < -0.39 is 43.7 Å². The van der Waals surface area contributed by atoms with Crippen molar-refractivity contribution >= 4 is 43.7 Å². The zero-order valence-corrected chi connectivity index (χ0v) is 62.1. The van der Waals surface area contributed by atoms with Gasteiger partial charge in [0.15, 0.2) is 39.6 Å². The molecule has 99 heavy (non-hydrogen) atoms. The number of carbonyl (C=O) groups excluding carboxylic acids is 3. The average Bonchev–Trinajstić information content (AvgIpc) is 0.781. The molecule has 3 aliphatic rings. The molecule has 3 fully saturated rings. The van der Waals surface area contributed by atoms with Gasteiger partial charge in [0.1, 0.15) is 23.0 Å².